The summed E-state index contributed by atoms with van der Waals surface area (Å²) in [6, 6.07) is 28.8. The summed E-state index contributed by atoms with van der Waals surface area (Å²) in [7, 11) is 0. The number of hydrogen-bond acceptors (Lipinski definition) is 3. The van der Waals surface area contributed by atoms with Gasteiger partial charge in [0.05, 0.1) is 0 Å². The first-order chi connectivity index (χ1) is 10.2. The van der Waals surface area contributed by atoms with Crippen LogP contribution in [-0.2, 0) is 37.9 Å². The third-order valence-electron chi connectivity index (χ3n) is 2.23. The first kappa shape index (κ1) is 21.5. The molecule has 0 nitrogen and oxygen atoms in total. The normalized spacial score (nSPS) is 8.18. The summed E-state index contributed by atoms with van der Waals surface area (Å²) in [6.45, 7) is 0. The van der Waals surface area contributed by atoms with Crippen LogP contribution in [0.3, 0.4) is 0 Å². The molecule has 22 heavy (non-hydrogen) atoms. The van der Waals surface area contributed by atoms with Gasteiger partial charge in [-0.25, -0.2) is 0 Å². The van der Waals surface area contributed by atoms with Gasteiger partial charge in [-0.15, -0.1) is 0 Å². The Morgan fingerprint density at radius 1 is 0.364 bits per heavy atom. The molecule has 0 bridgehead atoms. The molecule has 0 saturated carbocycles. The monoisotopic (exact) mass is 466 g/mol. The molecule has 0 amide bonds. The van der Waals surface area contributed by atoms with Crippen LogP contribution in [0.25, 0.3) is 0 Å². The van der Waals surface area contributed by atoms with Crippen molar-refractivity contribution >= 4 is 37.9 Å². The molecular formula is C18H15LaS3. The van der Waals surface area contributed by atoms with Gasteiger partial charge in [-0.05, 0) is 0 Å². The van der Waals surface area contributed by atoms with Crippen molar-refractivity contribution in [3.8, 4) is 0 Å². The molecule has 0 aliphatic heterocycles. The van der Waals surface area contributed by atoms with E-state index >= 15 is 0 Å². The molecule has 0 spiro atoms. The summed E-state index contributed by atoms with van der Waals surface area (Å²) >= 11 is 14.4. The van der Waals surface area contributed by atoms with Crippen molar-refractivity contribution in [3.63, 3.8) is 0 Å². The van der Waals surface area contributed by atoms with Crippen LogP contribution in [0.15, 0.2) is 106 Å². The van der Waals surface area contributed by atoms with Crippen LogP contribution in [0.2, 0.25) is 0 Å². The van der Waals surface area contributed by atoms with Gasteiger partial charge in [0.25, 0.3) is 0 Å². The zero-order valence-electron chi connectivity index (χ0n) is 12.0. The van der Waals surface area contributed by atoms with Gasteiger partial charge in [-0.3, -0.25) is 0 Å². The standard InChI is InChI=1S/3C6H6S.La/c3*7-6-4-2-1-3-5-6;/h3*1-5,7H;/q;;;+3/p-3. The second-order valence-corrected chi connectivity index (χ2v) is 5.35. The fraction of sp³-hybridized carbons (Fsp3) is 0. The van der Waals surface area contributed by atoms with Gasteiger partial charge < -0.3 is 37.9 Å². The Bertz CT molecular complexity index is 497. The summed E-state index contributed by atoms with van der Waals surface area (Å²) < 4.78 is 0. The molecule has 0 aliphatic carbocycles. The van der Waals surface area contributed by atoms with E-state index in [1.54, 1.807) is 0 Å². The third-order valence-corrected chi connectivity index (χ3v) is 3.05. The van der Waals surface area contributed by atoms with Gasteiger partial charge in [0, 0.05) is 0 Å². The molecule has 0 atom stereocenters. The quantitative estimate of drug-likeness (QED) is 0.438. The van der Waals surface area contributed by atoms with Crippen LogP contribution >= 0.6 is 0 Å². The van der Waals surface area contributed by atoms with E-state index in [9.17, 15) is 0 Å². The third kappa shape index (κ3) is 12.1. The predicted molar refractivity (Wildman–Crippen MR) is 96.2 cm³/mol. The van der Waals surface area contributed by atoms with Crippen molar-refractivity contribution in [2.45, 2.75) is 14.7 Å². The zero-order chi connectivity index (χ0) is 15.3. The average Bonchev–Trinajstić information content (AvgIpc) is 2.51. The van der Waals surface area contributed by atoms with Crippen LogP contribution in [0, 0.1) is 35.6 Å². The number of benzene rings is 3. The molecule has 3 rings (SSSR count). The average molecular weight is 466 g/mol. The number of hydrogen-bond donors (Lipinski definition) is 0. The Balaban J connectivity index is 0.000000294. The van der Waals surface area contributed by atoms with E-state index in [1.807, 2.05) is 91.0 Å². The van der Waals surface area contributed by atoms with E-state index in [4.69, 9.17) is 37.9 Å². The molecule has 3 aromatic rings. The first-order valence-corrected chi connectivity index (χ1v) is 7.57. The maximum atomic E-state index is 4.81. The minimum atomic E-state index is 0. The Kier molecular flexibility index (Phi) is 13.8. The van der Waals surface area contributed by atoms with Crippen LogP contribution in [0.5, 0.6) is 0 Å². The fourth-order valence-electron chi connectivity index (χ4n) is 1.26. The van der Waals surface area contributed by atoms with Crippen molar-refractivity contribution in [2.24, 2.45) is 0 Å². The largest absolute Gasteiger partial charge is 3.00 e. The minimum absolute atomic E-state index is 0. The molecule has 0 aromatic heterocycles. The molecule has 0 N–H and O–H groups in total. The van der Waals surface area contributed by atoms with Gasteiger partial charge >= 0.3 is 35.6 Å². The van der Waals surface area contributed by atoms with Gasteiger partial charge in [0.15, 0.2) is 0 Å². The summed E-state index contributed by atoms with van der Waals surface area (Å²) in [5.74, 6) is 0. The molecule has 0 heterocycles. The molecule has 0 radical (unpaired) electrons. The minimum Gasteiger partial charge on any atom is -0.780 e. The Labute approximate surface area is 177 Å². The van der Waals surface area contributed by atoms with E-state index in [-0.39, 0.29) is 35.6 Å². The van der Waals surface area contributed by atoms with Gasteiger partial charge in [0.1, 0.15) is 0 Å². The van der Waals surface area contributed by atoms with Gasteiger partial charge in [0.2, 0.25) is 0 Å². The molecule has 4 heteroatoms. The molecular weight excluding hydrogens is 451 g/mol. The summed E-state index contributed by atoms with van der Waals surface area (Å²) in [5, 5.41) is 0. The maximum absolute atomic E-state index is 4.81. The van der Waals surface area contributed by atoms with Gasteiger partial charge in [-0.2, -0.15) is 14.7 Å². The molecule has 0 fully saturated rings. The van der Waals surface area contributed by atoms with E-state index in [1.165, 1.54) is 0 Å². The molecule has 0 unspecified atom stereocenters. The Morgan fingerprint density at radius 2 is 0.545 bits per heavy atom. The van der Waals surface area contributed by atoms with Crippen molar-refractivity contribution < 1.29 is 35.6 Å². The van der Waals surface area contributed by atoms with Crippen molar-refractivity contribution in [3.05, 3.63) is 91.0 Å². The maximum Gasteiger partial charge on any atom is 3.00 e. The Hall–Kier alpha value is -0.485. The second-order valence-electron chi connectivity index (χ2n) is 3.94. The van der Waals surface area contributed by atoms with E-state index in [2.05, 4.69) is 0 Å². The smallest absolute Gasteiger partial charge is 0.780 e. The van der Waals surface area contributed by atoms with Crippen molar-refractivity contribution in [1.82, 2.24) is 0 Å². The second kappa shape index (κ2) is 14.1. The van der Waals surface area contributed by atoms with Crippen molar-refractivity contribution in [2.75, 3.05) is 0 Å². The van der Waals surface area contributed by atoms with Crippen LogP contribution in [-0.4, -0.2) is 0 Å². The molecule has 3 aromatic carbocycles. The van der Waals surface area contributed by atoms with Crippen molar-refractivity contribution in [1.29, 1.82) is 0 Å². The van der Waals surface area contributed by atoms with E-state index in [0.717, 1.165) is 14.7 Å². The number of rotatable bonds is 0. The summed E-state index contributed by atoms with van der Waals surface area (Å²) in [6.07, 6.45) is 0. The van der Waals surface area contributed by atoms with E-state index in [0.29, 0.717) is 0 Å². The zero-order valence-corrected chi connectivity index (χ0v) is 18.0. The molecule has 0 aliphatic rings. The first-order valence-electron chi connectivity index (χ1n) is 6.34. The predicted octanol–water partition coefficient (Wildman–Crippen LogP) is 4.78. The summed E-state index contributed by atoms with van der Waals surface area (Å²) in [4.78, 5) is 2.72. The van der Waals surface area contributed by atoms with Crippen LogP contribution in [0.4, 0.5) is 0 Å². The topological polar surface area (TPSA) is 0 Å². The van der Waals surface area contributed by atoms with Crippen LogP contribution < -0.4 is 0 Å². The summed E-state index contributed by atoms with van der Waals surface area (Å²) in [5.41, 5.74) is 0. The molecule has 0 saturated heterocycles. The molecule has 108 valence electrons. The SMILES string of the molecule is [La+3].[S-]c1ccccc1.[S-]c1ccccc1.[S-]c1ccccc1. The van der Waals surface area contributed by atoms with E-state index < -0.39 is 0 Å². The fourth-order valence-corrected chi connectivity index (χ4v) is 1.73. The van der Waals surface area contributed by atoms with Crippen LogP contribution in [0.1, 0.15) is 0 Å². The Morgan fingerprint density at radius 3 is 0.636 bits per heavy atom. The van der Waals surface area contributed by atoms with Gasteiger partial charge in [-0.1, -0.05) is 91.0 Å².